The Morgan fingerprint density at radius 1 is 1.15 bits per heavy atom. The lowest BCUT2D eigenvalue weighted by Crippen LogP contribution is -2.48. The lowest BCUT2D eigenvalue weighted by molar-refractivity contribution is -0.141. The van der Waals surface area contributed by atoms with Gasteiger partial charge in [0.1, 0.15) is 17.6 Å². The van der Waals surface area contributed by atoms with Crippen molar-refractivity contribution in [3.05, 3.63) is 29.1 Å². The smallest absolute Gasteiger partial charge is 0.327 e. The van der Waals surface area contributed by atoms with E-state index in [0.717, 1.165) is 36.2 Å². The molecule has 1 N–H and O–H groups in total. The molecule has 5 nitrogen and oxygen atoms in total. The van der Waals surface area contributed by atoms with E-state index in [-0.39, 0.29) is 22.1 Å². The van der Waals surface area contributed by atoms with Gasteiger partial charge in [-0.25, -0.2) is 9.18 Å². The molecular formula is C26H32FNO4S. The lowest BCUT2D eigenvalue weighted by Gasteiger charge is -2.56. The van der Waals surface area contributed by atoms with Crippen molar-refractivity contribution < 1.29 is 23.8 Å². The first-order valence-electron chi connectivity index (χ1n) is 12.4. The van der Waals surface area contributed by atoms with Crippen LogP contribution < -0.4 is 4.74 Å². The van der Waals surface area contributed by atoms with Gasteiger partial charge < -0.3 is 14.7 Å². The second-order valence-corrected chi connectivity index (χ2v) is 12.7. The minimum absolute atomic E-state index is 0.0278. The number of carbonyl (C=O) groups is 2. The van der Waals surface area contributed by atoms with E-state index >= 15 is 4.39 Å². The van der Waals surface area contributed by atoms with Crippen LogP contribution in [0.1, 0.15) is 80.1 Å². The van der Waals surface area contributed by atoms with Crippen LogP contribution in [0.25, 0.3) is 0 Å². The maximum absolute atomic E-state index is 15.2. The van der Waals surface area contributed by atoms with Crippen LogP contribution in [0.2, 0.25) is 0 Å². The van der Waals surface area contributed by atoms with E-state index in [4.69, 9.17) is 4.74 Å². The summed E-state index contributed by atoms with van der Waals surface area (Å²) in [6.07, 6.45) is 9.87. The Kier molecular flexibility index (Phi) is 5.20. The molecule has 178 valence electrons. The van der Waals surface area contributed by atoms with Crippen LogP contribution in [0, 0.1) is 29.0 Å². The Hall–Kier alpha value is -1.76. The first kappa shape index (κ1) is 21.8. The van der Waals surface area contributed by atoms with Crippen LogP contribution in [0.5, 0.6) is 5.75 Å². The predicted molar refractivity (Wildman–Crippen MR) is 124 cm³/mol. The number of benzene rings is 1. The highest BCUT2D eigenvalue weighted by molar-refractivity contribution is 8.00. The molecule has 5 aliphatic carbocycles. The van der Waals surface area contributed by atoms with Crippen molar-refractivity contribution in [1.82, 2.24) is 4.90 Å². The van der Waals surface area contributed by atoms with Gasteiger partial charge in [0.05, 0.1) is 18.0 Å². The summed E-state index contributed by atoms with van der Waals surface area (Å²) in [5.41, 5.74) is 1.12. The Morgan fingerprint density at radius 2 is 1.79 bits per heavy atom. The van der Waals surface area contributed by atoms with Gasteiger partial charge in [0, 0.05) is 16.7 Å². The van der Waals surface area contributed by atoms with E-state index in [2.05, 4.69) is 0 Å². The quantitative estimate of drug-likeness (QED) is 0.608. The molecule has 1 aliphatic heterocycles. The molecule has 7 heteroatoms. The molecular weight excluding hydrogens is 441 g/mol. The van der Waals surface area contributed by atoms with Gasteiger partial charge >= 0.3 is 5.97 Å². The van der Waals surface area contributed by atoms with Gasteiger partial charge in [-0.05, 0) is 86.7 Å². The maximum atomic E-state index is 15.2. The number of hydrogen-bond acceptors (Lipinski definition) is 4. The molecule has 1 aromatic rings. The molecule has 0 radical (unpaired) electrons. The predicted octanol–water partition coefficient (Wildman–Crippen LogP) is 5.29. The molecule has 6 fully saturated rings. The van der Waals surface area contributed by atoms with E-state index in [1.807, 2.05) is 0 Å². The first-order valence-corrected chi connectivity index (χ1v) is 13.5. The topological polar surface area (TPSA) is 66.8 Å². The number of halogens is 1. The molecule has 1 aromatic carbocycles. The van der Waals surface area contributed by atoms with Crippen molar-refractivity contribution in [3.63, 3.8) is 0 Å². The van der Waals surface area contributed by atoms with E-state index in [1.54, 1.807) is 13.0 Å². The third kappa shape index (κ3) is 3.84. The molecule has 7 rings (SSSR count). The average molecular weight is 474 g/mol. The summed E-state index contributed by atoms with van der Waals surface area (Å²) in [5.74, 6) is 1.46. The molecule has 1 saturated heterocycles. The molecule has 1 heterocycles. The normalized spacial score (nSPS) is 36.9. The monoisotopic (exact) mass is 473 g/mol. The Balaban J connectivity index is 1.24. The molecule has 4 bridgehead atoms. The van der Waals surface area contributed by atoms with E-state index in [9.17, 15) is 14.7 Å². The molecule has 33 heavy (non-hydrogen) atoms. The zero-order valence-corrected chi connectivity index (χ0v) is 19.9. The Labute approximate surface area is 198 Å². The minimum atomic E-state index is -1.04. The molecule has 0 unspecified atom stereocenters. The highest BCUT2D eigenvalue weighted by Gasteiger charge is 2.51. The zero-order chi connectivity index (χ0) is 22.9. The van der Waals surface area contributed by atoms with E-state index in [1.165, 1.54) is 61.3 Å². The van der Waals surface area contributed by atoms with Gasteiger partial charge in [-0.3, -0.25) is 4.79 Å². The van der Waals surface area contributed by atoms with Gasteiger partial charge in [0.25, 0.3) is 5.91 Å². The summed E-state index contributed by atoms with van der Waals surface area (Å²) >= 11 is 1.41. The highest BCUT2D eigenvalue weighted by atomic mass is 32.2. The summed E-state index contributed by atoms with van der Waals surface area (Å²) in [6, 6.07) is 2.11. The fraction of sp³-hybridized carbons (Fsp3) is 0.692. The zero-order valence-electron chi connectivity index (χ0n) is 19.1. The summed E-state index contributed by atoms with van der Waals surface area (Å²) in [7, 11) is 0. The standard InChI is InChI=1S/C26H32FNO4S/c1-14-23(25(30)31)28(13-33-14)24(29)20-7-19(18-2-3-18)22(8-21(20)27)32-12-26-9-15-4-16(10-26)6-17(5-15)11-26/h7-8,14-18,23H,2-6,9-13H2,1H3,(H,30,31)/t14-,15?,16?,17?,23+,26?/m0/s1. The van der Waals surface area contributed by atoms with Crippen LogP contribution in [0.15, 0.2) is 12.1 Å². The number of carboxylic acids is 1. The molecule has 5 saturated carbocycles. The molecule has 0 aromatic heterocycles. The summed E-state index contributed by atoms with van der Waals surface area (Å²) in [4.78, 5) is 26.2. The molecule has 0 spiro atoms. The van der Waals surface area contributed by atoms with E-state index < -0.39 is 23.7 Å². The fourth-order valence-electron chi connectivity index (χ4n) is 7.57. The van der Waals surface area contributed by atoms with Gasteiger partial charge in [-0.2, -0.15) is 0 Å². The van der Waals surface area contributed by atoms with Crippen molar-refractivity contribution in [2.75, 3.05) is 12.5 Å². The van der Waals surface area contributed by atoms with Gasteiger partial charge in [-0.15, -0.1) is 11.8 Å². The second-order valence-electron chi connectivity index (χ2n) is 11.4. The number of aliphatic carboxylic acids is 1. The van der Waals surface area contributed by atoms with Crippen LogP contribution in [0.3, 0.4) is 0 Å². The number of hydrogen-bond donors (Lipinski definition) is 1. The number of carboxylic acid groups (broad SMARTS) is 1. The van der Waals surface area contributed by atoms with Gasteiger partial charge in [0.15, 0.2) is 0 Å². The van der Waals surface area contributed by atoms with Crippen LogP contribution >= 0.6 is 11.8 Å². The average Bonchev–Trinajstić information content (AvgIpc) is 3.51. The largest absolute Gasteiger partial charge is 0.493 e. The van der Waals surface area contributed by atoms with Crippen molar-refractivity contribution in [2.24, 2.45) is 23.2 Å². The van der Waals surface area contributed by atoms with Crippen molar-refractivity contribution in [3.8, 4) is 5.75 Å². The minimum Gasteiger partial charge on any atom is -0.493 e. The van der Waals surface area contributed by atoms with Crippen LogP contribution in [-0.4, -0.2) is 45.7 Å². The summed E-state index contributed by atoms with van der Waals surface area (Å²) in [6.45, 7) is 2.44. The fourth-order valence-corrected chi connectivity index (χ4v) is 8.69. The number of nitrogens with zero attached hydrogens (tertiary/aromatic N) is 1. The summed E-state index contributed by atoms with van der Waals surface area (Å²) in [5, 5.41) is 9.36. The first-order chi connectivity index (χ1) is 15.8. The number of thioether (sulfide) groups is 1. The third-order valence-corrected chi connectivity index (χ3v) is 10.0. The third-order valence-electron chi connectivity index (χ3n) is 8.82. The van der Waals surface area contributed by atoms with Crippen molar-refractivity contribution in [1.29, 1.82) is 0 Å². The Morgan fingerprint density at radius 3 is 2.36 bits per heavy atom. The van der Waals surface area contributed by atoms with Crippen LogP contribution in [0.4, 0.5) is 4.39 Å². The van der Waals surface area contributed by atoms with Crippen molar-refractivity contribution in [2.45, 2.75) is 75.5 Å². The lowest BCUT2D eigenvalue weighted by atomic mass is 9.50. The maximum Gasteiger partial charge on any atom is 0.327 e. The van der Waals surface area contributed by atoms with E-state index in [0.29, 0.717) is 18.3 Å². The number of amides is 1. The van der Waals surface area contributed by atoms with Crippen molar-refractivity contribution >= 4 is 23.6 Å². The Bertz CT molecular complexity index is 957. The van der Waals surface area contributed by atoms with Gasteiger partial charge in [0.2, 0.25) is 0 Å². The molecule has 2 atom stereocenters. The van der Waals surface area contributed by atoms with Gasteiger partial charge in [-0.1, -0.05) is 6.92 Å². The second kappa shape index (κ2) is 7.89. The summed E-state index contributed by atoms with van der Waals surface area (Å²) < 4.78 is 21.6. The van der Waals surface area contributed by atoms with Crippen LogP contribution in [-0.2, 0) is 4.79 Å². The number of carbonyl (C=O) groups excluding carboxylic acids is 1. The SMILES string of the molecule is C[C@@H]1SCN(C(=O)c2cc(C3CC3)c(OCC34CC5CC(CC(C5)C3)C4)cc2F)[C@H]1C(=O)O. The highest BCUT2D eigenvalue weighted by Crippen LogP contribution is 2.60. The molecule has 1 amide bonds. The number of ether oxygens (including phenoxy) is 1. The molecule has 6 aliphatic rings. The number of rotatable bonds is 6.